The van der Waals surface area contributed by atoms with E-state index in [2.05, 4.69) is 26.1 Å². The number of aliphatic hydroxyl groups excluding tert-OH is 1. The second-order valence-corrected chi connectivity index (χ2v) is 5.16. The Labute approximate surface area is 86.5 Å². The number of aliphatic hydroxyl groups is 1. The summed E-state index contributed by atoms with van der Waals surface area (Å²) in [7, 11) is 0. The lowest BCUT2D eigenvalue weighted by atomic mass is 10.3. The molecule has 0 heterocycles. The molecular formula is C10H23NOS. The van der Waals surface area contributed by atoms with E-state index in [9.17, 15) is 0 Å². The number of thioether (sulfide) groups is 1. The van der Waals surface area contributed by atoms with Crippen LogP contribution in [0.4, 0.5) is 0 Å². The van der Waals surface area contributed by atoms with E-state index >= 15 is 0 Å². The molecule has 0 radical (unpaired) electrons. The van der Waals surface area contributed by atoms with Crippen molar-refractivity contribution in [2.24, 2.45) is 5.92 Å². The molecule has 1 unspecified atom stereocenters. The minimum atomic E-state index is -0.238. The van der Waals surface area contributed by atoms with Crippen molar-refractivity contribution in [3.8, 4) is 0 Å². The predicted octanol–water partition coefficient (Wildman–Crippen LogP) is 1.73. The highest BCUT2D eigenvalue weighted by atomic mass is 32.2. The van der Waals surface area contributed by atoms with Gasteiger partial charge in [0, 0.05) is 18.3 Å². The molecule has 0 aliphatic rings. The first kappa shape index (κ1) is 13.3. The average Bonchev–Trinajstić information content (AvgIpc) is 2.00. The van der Waals surface area contributed by atoms with E-state index in [0.717, 1.165) is 11.7 Å². The van der Waals surface area contributed by atoms with Gasteiger partial charge in [0.15, 0.2) is 0 Å². The number of hydrogen-bond acceptors (Lipinski definition) is 3. The number of nitrogens with one attached hydrogen (secondary N) is 1. The average molecular weight is 205 g/mol. The van der Waals surface area contributed by atoms with Crippen molar-refractivity contribution < 1.29 is 5.11 Å². The van der Waals surface area contributed by atoms with Crippen LogP contribution in [-0.2, 0) is 0 Å². The van der Waals surface area contributed by atoms with Crippen LogP contribution in [0.15, 0.2) is 0 Å². The lowest BCUT2D eigenvalue weighted by molar-refractivity contribution is 0.188. The maximum atomic E-state index is 9.05. The fourth-order valence-electron chi connectivity index (χ4n) is 0.911. The van der Waals surface area contributed by atoms with Gasteiger partial charge >= 0.3 is 0 Å². The Kier molecular flexibility index (Phi) is 7.81. The molecule has 0 aliphatic carbocycles. The monoisotopic (exact) mass is 205 g/mol. The van der Waals surface area contributed by atoms with E-state index in [0.29, 0.717) is 12.6 Å². The zero-order chi connectivity index (χ0) is 10.3. The smallest absolute Gasteiger partial charge is 0.0636 e. The Balaban J connectivity index is 3.25. The van der Waals surface area contributed by atoms with Gasteiger partial charge in [0.1, 0.15) is 0 Å². The summed E-state index contributed by atoms with van der Waals surface area (Å²) in [6, 6.07) is 0.498. The quantitative estimate of drug-likeness (QED) is 0.664. The lowest BCUT2D eigenvalue weighted by Gasteiger charge is -2.15. The highest BCUT2D eigenvalue weighted by Gasteiger charge is 2.03. The minimum absolute atomic E-state index is 0.238. The zero-order valence-electron chi connectivity index (χ0n) is 9.21. The van der Waals surface area contributed by atoms with E-state index in [-0.39, 0.29) is 6.10 Å². The maximum absolute atomic E-state index is 9.05. The lowest BCUT2D eigenvalue weighted by Crippen LogP contribution is -2.34. The van der Waals surface area contributed by atoms with Crippen LogP contribution in [0.1, 0.15) is 27.7 Å². The Morgan fingerprint density at radius 1 is 1.15 bits per heavy atom. The molecular weight excluding hydrogens is 182 g/mol. The molecule has 0 bridgehead atoms. The van der Waals surface area contributed by atoms with Crippen LogP contribution in [0.2, 0.25) is 0 Å². The first-order valence-corrected chi connectivity index (χ1v) is 6.17. The van der Waals surface area contributed by atoms with Crippen LogP contribution in [0.5, 0.6) is 0 Å². The van der Waals surface area contributed by atoms with Gasteiger partial charge in [-0.1, -0.05) is 13.8 Å². The first-order chi connectivity index (χ1) is 6.02. The van der Waals surface area contributed by atoms with Gasteiger partial charge in [0.25, 0.3) is 0 Å². The highest BCUT2D eigenvalue weighted by molar-refractivity contribution is 7.99. The van der Waals surface area contributed by atoms with E-state index in [1.54, 1.807) is 6.92 Å². The Morgan fingerprint density at radius 2 is 1.77 bits per heavy atom. The second-order valence-electron chi connectivity index (χ2n) is 4.09. The molecule has 0 spiro atoms. The summed E-state index contributed by atoms with van der Waals surface area (Å²) in [5, 5.41) is 12.3. The van der Waals surface area contributed by atoms with Crippen LogP contribution in [0, 0.1) is 5.92 Å². The molecule has 0 aliphatic heterocycles. The largest absolute Gasteiger partial charge is 0.392 e. The van der Waals surface area contributed by atoms with Crippen molar-refractivity contribution in [1.82, 2.24) is 5.32 Å². The van der Waals surface area contributed by atoms with Crippen molar-refractivity contribution in [2.75, 3.05) is 18.1 Å². The molecule has 0 rings (SSSR count). The van der Waals surface area contributed by atoms with Crippen molar-refractivity contribution >= 4 is 11.8 Å². The molecule has 0 saturated carbocycles. The maximum Gasteiger partial charge on any atom is 0.0636 e. The summed E-state index contributed by atoms with van der Waals surface area (Å²) < 4.78 is 0. The fourth-order valence-corrected chi connectivity index (χ4v) is 1.99. The molecule has 0 aromatic carbocycles. The standard InChI is InChI=1S/C10H23NOS/c1-8(2)6-13-7-9(3)11-5-10(4)12/h8-12H,5-7H2,1-4H3/t9?,10-/m0/s1. The summed E-state index contributed by atoms with van der Waals surface area (Å²) in [6.07, 6.45) is -0.238. The molecule has 0 saturated heterocycles. The SMILES string of the molecule is CC(C)CSCC(C)NC[C@H](C)O. The van der Waals surface area contributed by atoms with Crippen LogP contribution in [-0.4, -0.2) is 35.3 Å². The zero-order valence-corrected chi connectivity index (χ0v) is 10.0. The summed E-state index contributed by atoms with van der Waals surface area (Å²) in [5.41, 5.74) is 0. The topological polar surface area (TPSA) is 32.3 Å². The number of rotatable bonds is 7. The highest BCUT2D eigenvalue weighted by Crippen LogP contribution is 2.08. The third-order valence-electron chi connectivity index (χ3n) is 1.58. The molecule has 0 aromatic heterocycles. The van der Waals surface area contributed by atoms with Gasteiger partial charge in [-0.05, 0) is 25.5 Å². The van der Waals surface area contributed by atoms with E-state index in [4.69, 9.17) is 5.11 Å². The van der Waals surface area contributed by atoms with Crippen LogP contribution in [0.3, 0.4) is 0 Å². The molecule has 3 heteroatoms. The molecule has 2 nitrogen and oxygen atoms in total. The minimum Gasteiger partial charge on any atom is -0.392 e. The molecule has 0 aromatic rings. The molecule has 80 valence electrons. The third kappa shape index (κ3) is 10.2. The van der Waals surface area contributed by atoms with Crippen molar-refractivity contribution in [2.45, 2.75) is 39.8 Å². The van der Waals surface area contributed by atoms with Gasteiger partial charge < -0.3 is 10.4 Å². The van der Waals surface area contributed by atoms with E-state index in [1.165, 1.54) is 5.75 Å². The summed E-state index contributed by atoms with van der Waals surface area (Å²) >= 11 is 1.98. The first-order valence-electron chi connectivity index (χ1n) is 5.01. The molecule has 2 N–H and O–H groups in total. The Hall–Kier alpha value is 0.270. The van der Waals surface area contributed by atoms with Crippen LogP contribution >= 0.6 is 11.8 Å². The van der Waals surface area contributed by atoms with Gasteiger partial charge in [0.05, 0.1) is 6.10 Å². The van der Waals surface area contributed by atoms with E-state index in [1.807, 2.05) is 11.8 Å². The van der Waals surface area contributed by atoms with Crippen molar-refractivity contribution in [3.05, 3.63) is 0 Å². The Morgan fingerprint density at radius 3 is 2.23 bits per heavy atom. The predicted molar refractivity (Wildman–Crippen MR) is 61.3 cm³/mol. The van der Waals surface area contributed by atoms with Crippen LogP contribution < -0.4 is 5.32 Å². The fraction of sp³-hybridized carbons (Fsp3) is 1.00. The van der Waals surface area contributed by atoms with E-state index < -0.39 is 0 Å². The normalized spacial score (nSPS) is 16.2. The summed E-state index contributed by atoms with van der Waals surface area (Å²) in [4.78, 5) is 0. The Bertz CT molecular complexity index is 117. The molecule has 0 fully saturated rings. The third-order valence-corrected chi connectivity index (χ3v) is 3.22. The van der Waals surface area contributed by atoms with Gasteiger partial charge in [-0.3, -0.25) is 0 Å². The molecule has 0 amide bonds. The summed E-state index contributed by atoms with van der Waals surface area (Å²) in [5.74, 6) is 3.12. The van der Waals surface area contributed by atoms with Crippen molar-refractivity contribution in [3.63, 3.8) is 0 Å². The number of hydrogen-bond donors (Lipinski definition) is 2. The van der Waals surface area contributed by atoms with Gasteiger partial charge in [-0.2, -0.15) is 11.8 Å². The van der Waals surface area contributed by atoms with Gasteiger partial charge in [-0.25, -0.2) is 0 Å². The van der Waals surface area contributed by atoms with Gasteiger partial charge in [-0.15, -0.1) is 0 Å². The van der Waals surface area contributed by atoms with Gasteiger partial charge in [0.2, 0.25) is 0 Å². The van der Waals surface area contributed by atoms with Crippen LogP contribution in [0.25, 0.3) is 0 Å². The molecule has 2 atom stereocenters. The summed E-state index contributed by atoms with van der Waals surface area (Å²) in [6.45, 7) is 9.14. The second kappa shape index (κ2) is 7.65. The van der Waals surface area contributed by atoms with Crippen molar-refractivity contribution in [1.29, 1.82) is 0 Å². The molecule has 13 heavy (non-hydrogen) atoms.